The standard InChI is InChI=1S/C13H22NO3P.C2H4/c1-4-11(10(3)15)9-12(5-2)14-13(16)17-7-6-8-18;1-2/h4,9H,5-8,18H2,1-3H3,(H,14,16);1-2H2/b11-4+,12-9+;. The van der Waals surface area contributed by atoms with E-state index >= 15 is 0 Å². The van der Waals surface area contributed by atoms with Crippen LogP contribution in [0, 0.1) is 0 Å². The van der Waals surface area contributed by atoms with Gasteiger partial charge in [-0.15, -0.1) is 22.4 Å². The van der Waals surface area contributed by atoms with Gasteiger partial charge in [0.1, 0.15) is 0 Å². The number of allylic oxidation sites excluding steroid dienone is 4. The highest BCUT2D eigenvalue weighted by Gasteiger charge is 2.06. The molecular formula is C15H26NO3P. The van der Waals surface area contributed by atoms with Gasteiger partial charge >= 0.3 is 6.09 Å². The molecule has 0 aliphatic rings. The third-order valence-electron chi connectivity index (χ3n) is 2.27. The molecule has 0 radical (unpaired) electrons. The summed E-state index contributed by atoms with van der Waals surface area (Å²) in [6.45, 7) is 11.6. The van der Waals surface area contributed by atoms with Gasteiger partial charge in [-0.1, -0.05) is 13.0 Å². The molecule has 5 heteroatoms. The van der Waals surface area contributed by atoms with Crippen molar-refractivity contribution < 1.29 is 14.3 Å². The van der Waals surface area contributed by atoms with Crippen LogP contribution < -0.4 is 5.32 Å². The van der Waals surface area contributed by atoms with Crippen LogP contribution in [0.3, 0.4) is 0 Å². The molecular weight excluding hydrogens is 273 g/mol. The largest absolute Gasteiger partial charge is 0.449 e. The molecule has 1 unspecified atom stereocenters. The molecule has 0 heterocycles. The van der Waals surface area contributed by atoms with E-state index in [1.54, 1.807) is 19.1 Å². The number of amides is 1. The van der Waals surface area contributed by atoms with Gasteiger partial charge in [0.2, 0.25) is 0 Å². The molecule has 20 heavy (non-hydrogen) atoms. The van der Waals surface area contributed by atoms with Crippen LogP contribution in [0.2, 0.25) is 0 Å². The van der Waals surface area contributed by atoms with Gasteiger partial charge in [-0.3, -0.25) is 10.1 Å². The first-order valence-corrected chi connectivity index (χ1v) is 7.38. The third-order valence-corrected chi connectivity index (χ3v) is 2.68. The van der Waals surface area contributed by atoms with E-state index in [9.17, 15) is 9.59 Å². The molecule has 0 aromatic heterocycles. The van der Waals surface area contributed by atoms with Crippen LogP contribution in [0.5, 0.6) is 0 Å². The van der Waals surface area contributed by atoms with Gasteiger partial charge in [0.25, 0.3) is 0 Å². The maximum Gasteiger partial charge on any atom is 0.411 e. The van der Waals surface area contributed by atoms with Crippen molar-refractivity contribution in [3.63, 3.8) is 0 Å². The number of rotatable bonds is 7. The number of ether oxygens (including phenoxy) is 1. The van der Waals surface area contributed by atoms with Crippen molar-refractivity contribution in [2.24, 2.45) is 0 Å². The van der Waals surface area contributed by atoms with Crippen molar-refractivity contribution in [3.05, 3.63) is 36.6 Å². The Bertz CT molecular complexity index is 362. The first-order chi connectivity index (χ1) is 9.54. The Kier molecular flexibility index (Phi) is 14.6. The summed E-state index contributed by atoms with van der Waals surface area (Å²) in [5.41, 5.74) is 1.26. The third kappa shape index (κ3) is 10.5. The van der Waals surface area contributed by atoms with Crippen LogP contribution in [0.25, 0.3) is 0 Å². The van der Waals surface area contributed by atoms with Gasteiger partial charge in [0.05, 0.1) is 6.61 Å². The van der Waals surface area contributed by atoms with Crippen molar-refractivity contribution >= 4 is 21.1 Å². The van der Waals surface area contributed by atoms with Gasteiger partial charge in [-0.05, 0) is 38.9 Å². The highest BCUT2D eigenvalue weighted by molar-refractivity contribution is 7.16. The molecule has 0 saturated carbocycles. The minimum atomic E-state index is -0.472. The molecule has 0 fully saturated rings. The summed E-state index contributed by atoms with van der Waals surface area (Å²) in [5.74, 6) is -0.0263. The summed E-state index contributed by atoms with van der Waals surface area (Å²) in [4.78, 5) is 22.7. The Balaban J connectivity index is 0. The minimum absolute atomic E-state index is 0.0263. The number of carbonyl (C=O) groups excluding carboxylic acids is 2. The molecule has 0 spiro atoms. The minimum Gasteiger partial charge on any atom is -0.449 e. The van der Waals surface area contributed by atoms with Crippen molar-refractivity contribution in [3.8, 4) is 0 Å². The molecule has 0 saturated heterocycles. The van der Waals surface area contributed by atoms with E-state index in [0.717, 1.165) is 12.6 Å². The molecule has 0 aromatic rings. The fourth-order valence-corrected chi connectivity index (χ4v) is 1.38. The highest BCUT2D eigenvalue weighted by atomic mass is 31.0. The van der Waals surface area contributed by atoms with Gasteiger partial charge < -0.3 is 4.74 Å². The fraction of sp³-hybridized carbons (Fsp3) is 0.467. The fourth-order valence-electron chi connectivity index (χ4n) is 1.22. The maximum absolute atomic E-state index is 11.4. The van der Waals surface area contributed by atoms with Crippen LogP contribution in [0.15, 0.2) is 36.6 Å². The monoisotopic (exact) mass is 299 g/mol. The maximum atomic E-state index is 11.4. The zero-order chi connectivity index (χ0) is 16.0. The molecule has 0 bridgehead atoms. The normalized spacial score (nSPS) is 11.2. The van der Waals surface area contributed by atoms with Crippen molar-refractivity contribution in [2.75, 3.05) is 12.8 Å². The molecule has 0 rings (SSSR count). The van der Waals surface area contributed by atoms with E-state index in [1.807, 2.05) is 6.92 Å². The lowest BCUT2D eigenvalue weighted by molar-refractivity contribution is -0.113. The van der Waals surface area contributed by atoms with E-state index < -0.39 is 6.09 Å². The second-order valence-electron chi connectivity index (χ2n) is 3.73. The summed E-state index contributed by atoms with van der Waals surface area (Å²) in [5, 5.41) is 2.65. The lowest BCUT2D eigenvalue weighted by Gasteiger charge is -2.09. The number of nitrogens with one attached hydrogen (secondary N) is 1. The second kappa shape index (κ2) is 14.0. The van der Waals surface area contributed by atoms with Gasteiger partial charge in [-0.25, -0.2) is 4.79 Å². The SMILES string of the molecule is C/C=C(\C=C(/CC)NC(=O)OCCCP)C(C)=O.C=C. The molecule has 0 aliphatic carbocycles. The molecule has 0 aromatic carbocycles. The first-order valence-electron chi connectivity index (χ1n) is 6.56. The van der Waals surface area contributed by atoms with Crippen molar-refractivity contribution in [2.45, 2.75) is 33.6 Å². The van der Waals surface area contributed by atoms with Crippen molar-refractivity contribution in [1.29, 1.82) is 0 Å². The average Bonchev–Trinajstić information content (AvgIpc) is 2.45. The van der Waals surface area contributed by atoms with Gasteiger partial charge in [-0.2, -0.15) is 0 Å². The number of alkyl carbamates (subject to hydrolysis) is 1. The lowest BCUT2D eigenvalue weighted by atomic mass is 10.1. The van der Waals surface area contributed by atoms with Gasteiger partial charge in [0, 0.05) is 11.3 Å². The topological polar surface area (TPSA) is 55.4 Å². The smallest absolute Gasteiger partial charge is 0.411 e. The summed E-state index contributed by atoms with van der Waals surface area (Å²) in [6, 6.07) is 0. The Morgan fingerprint density at radius 3 is 2.35 bits per heavy atom. The van der Waals surface area contributed by atoms with Crippen LogP contribution in [0.1, 0.15) is 33.6 Å². The molecule has 114 valence electrons. The molecule has 1 atom stereocenters. The second-order valence-corrected chi connectivity index (χ2v) is 4.30. The van der Waals surface area contributed by atoms with Crippen LogP contribution >= 0.6 is 9.24 Å². The Labute approximate surface area is 124 Å². The van der Waals surface area contributed by atoms with E-state index in [0.29, 0.717) is 24.3 Å². The lowest BCUT2D eigenvalue weighted by Crippen LogP contribution is -2.24. The van der Waals surface area contributed by atoms with E-state index in [1.165, 1.54) is 6.92 Å². The highest BCUT2D eigenvalue weighted by Crippen LogP contribution is 2.05. The Morgan fingerprint density at radius 1 is 1.35 bits per heavy atom. The number of hydrogen-bond acceptors (Lipinski definition) is 3. The van der Waals surface area contributed by atoms with Crippen LogP contribution in [-0.2, 0) is 9.53 Å². The van der Waals surface area contributed by atoms with E-state index in [2.05, 4.69) is 27.7 Å². The Morgan fingerprint density at radius 2 is 1.95 bits per heavy atom. The van der Waals surface area contributed by atoms with E-state index in [4.69, 9.17) is 4.74 Å². The van der Waals surface area contributed by atoms with Crippen molar-refractivity contribution in [1.82, 2.24) is 5.32 Å². The molecule has 0 aliphatic heterocycles. The number of Topliss-reactive ketones (excluding diaryl/α,β-unsaturated/α-hetero) is 1. The predicted molar refractivity (Wildman–Crippen MR) is 87.7 cm³/mol. The molecule has 4 nitrogen and oxygen atoms in total. The van der Waals surface area contributed by atoms with Crippen LogP contribution in [-0.4, -0.2) is 24.6 Å². The number of hydrogen-bond donors (Lipinski definition) is 1. The summed E-state index contributed by atoms with van der Waals surface area (Å²) in [7, 11) is 2.57. The summed E-state index contributed by atoms with van der Waals surface area (Å²) >= 11 is 0. The number of ketones is 1. The summed E-state index contributed by atoms with van der Waals surface area (Å²) in [6.07, 6.45) is 5.27. The first kappa shape index (κ1) is 20.9. The number of carbonyl (C=O) groups is 2. The zero-order valence-corrected chi connectivity index (χ0v) is 13.9. The molecule has 1 amide bonds. The quantitative estimate of drug-likeness (QED) is 0.257. The molecule has 1 N–H and O–H groups in total. The Hall–Kier alpha value is -1.41. The van der Waals surface area contributed by atoms with E-state index in [-0.39, 0.29) is 5.78 Å². The van der Waals surface area contributed by atoms with Crippen LogP contribution in [0.4, 0.5) is 4.79 Å². The average molecular weight is 299 g/mol. The van der Waals surface area contributed by atoms with Gasteiger partial charge in [0.15, 0.2) is 5.78 Å². The predicted octanol–water partition coefficient (Wildman–Crippen LogP) is 3.61. The summed E-state index contributed by atoms with van der Waals surface area (Å²) < 4.78 is 4.98. The zero-order valence-electron chi connectivity index (χ0n) is 12.7.